The number of carboxylic acid groups (broad SMARTS) is 1. The van der Waals surface area contributed by atoms with Crippen molar-refractivity contribution in [2.45, 2.75) is 25.9 Å². The lowest BCUT2D eigenvalue weighted by atomic mass is 10.1. The first-order valence-corrected chi connectivity index (χ1v) is 5.70. The zero-order valence-electron chi connectivity index (χ0n) is 11.1. The lowest BCUT2D eigenvalue weighted by Crippen LogP contribution is -2.35. The highest BCUT2D eigenvalue weighted by atomic mass is 16.5. The van der Waals surface area contributed by atoms with Gasteiger partial charge >= 0.3 is 5.97 Å². The van der Waals surface area contributed by atoms with E-state index in [-0.39, 0.29) is 6.04 Å². The van der Waals surface area contributed by atoms with Gasteiger partial charge in [0.05, 0.1) is 14.2 Å². The van der Waals surface area contributed by atoms with E-state index >= 15 is 0 Å². The Hall–Kier alpha value is -1.75. The molecule has 0 heterocycles. The lowest BCUT2D eigenvalue weighted by Gasteiger charge is -2.20. The Morgan fingerprint density at radius 2 is 1.94 bits per heavy atom. The minimum absolute atomic E-state index is 0.128. The maximum atomic E-state index is 10.8. The SMILES string of the molecule is COc1ccc(C(C)NC(C)C(=O)O)c(OC)c1. The van der Waals surface area contributed by atoms with E-state index in [1.807, 2.05) is 19.1 Å². The summed E-state index contributed by atoms with van der Waals surface area (Å²) in [5.74, 6) is 0.496. The molecule has 0 amide bonds. The molecule has 0 fully saturated rings. The molecule has 2 atom stereocenters. The van der Waals surface area contributed by atoms with Gasteiger partial charge in [-0.3, -0.25) is 10.1 Å². The number of rotatable bonds is 6. The Morgan fingerprint density at radius 1 is 1.28 bits per heavy atom. The van der Waals surface area contributed by atoms with Crippen LogP contribution in [0.25, 0.3) is 0 Å². The zero-order valence-corrected chi connectivity index (χ0v) is 11.1. The van der Waals surface area contributed by atoms with Gasteiger partial charge in [0.15, 0.2) is 0 Å². The summed E-state index contributed by atoms with van der Waals surface area (Å²) in [5, 5.41) is 11.9. The van der Waals surface area contributed by atoms with Gasteiger partial charge in [0.25, 0.3) is 0 Å². The highest BCUT2D eigenvalue weighted by Crippen LogP contribution is 2.29. The van der Waals surface area contributed by atoms with Crippen LogP contribution in [0, 0.1) is 0 Å². The second kappa shape index (κ2) is 6.26. The Kier molecular flexibility index (Phi) is 4.97. The molecule has 100 valence electrons. The summed E-state index contributed by atoms with van der Waals surface area (Å²) in [6.07, 6.45) is 0. The van der Waals surface area contributed by atoms with Crippen molar-refractivity contribution in [1.82, 2.24) is 5.32 Å². The molecule has 0 aliphatic rings. The Labute approximate surface area is 107 Å². The van der Waals surface area contributed by atoms with Crippen LogP contribution in [-0.2, 0) is 4.79 Å². The molecule has 0 aliphatic carbocycles. The molecule has 0 aromatic heterocycles. The predicted octanol–water partition coefficient (Wildman–Crippen LogP) is 1.83. The number of ether oxygens (including phenoxy) is 2. The first kappa shape index (κ1) is 14.3. The maximum absolute atomic E-state index is 10.8. The maximum Gasteiger partial charge on any atom is 0.320 e. The van der Waals surface area contributed by atoms with Crippen molar-refractivity contribution < 1.29 is 19.4 Å². The summed E-state index contributed by atoms with van der Waals surface area (Å²) in [5.41, 5.74) is 0.895. The van der Waals surface area contributed by atoms with E-state index in [1.165, 1.54) is 0 Å². The lowest BCUT2D eigenvalue weighted by molar-refractivity contribution is -0.139. The number of carbonyl (C=O) groups is 1. The molecule has 1 aromatic carbocycles. The fourth-order valence-electron chi connectivity index (χ4n) is 1.71. The summed E-state index contributed by atoms with van der Waals surface area (Å²) in [6.45, 7) is 3.50. The highest BCUT2D eigenvalue weighted by Gasteiger charge is 2.18. The van der Waals surface area contributed by atoms with Gasteiger partial charge in [-0.2, -0.15) is 0 Å². The van der Waals surface area contributed by atoms with Crippen molar-refractivity contribution in [3.8, 4) is 11.5 Å². The summed E-state index contributed by atoms with van der Waals surface area (Å²) < 4.78 is 10.4. The third-order valence-electron chi connectivity index (χ3n) is 2.78. The van der Waals surface area contributed by atoms with Crippen LogP contribution in [0.2, 0.25) is 0 Å². The molecular weight excluding hydrogens is 234 g/mol. The highest BCUT2D eigenvalue weighted by molar-refractivity contribution is 5.72. The van der Waals surface area contributed by atoms with Gasteiger partial charge < -0.3 is 14.6 Å². The van der Waals surface area contributed by atoms with Crippen LogP contribution in [0.3, 0.4) is 0 Å². The molecule has 0 spiro atoms. The third-order valence-corrected chi connectivity index (χ3v) is 2.78. The number of benzene rings is 1. The quantitative estimate of drug-likeness (QED) is 0.809. The fourth-order valence-corrected chi connectivity index (χ4v) is 1.71. The van der Waals surface area contributed by atoms with E-state index < -0.39 is 12.0 Å². The summed E-state index contributed by atoms with van der Waals surface area (Å²) in [7, 11) is 3.16. The standard InChI is InChI=1S/C13H19NO4/c1-8(14-9(2)13(15)16)11-6-5-10(17-3)7-12(11)18-4/h5-9,14H,1-4H3,(H,15,16). The van der Waals surface area contributed by atoms with Crippen molar-refractivity contribution in [2.24, 2.45) is 0 Å². The summed E-state index contributed by atoms with van der Waals surface area (Å²) in [4.78, 5) is 10.8. The van der Waals surface area contributed by atoms with Gasteiger partial charge in [-0.15, -0.1) is 0 Å². The molecule has 0 aliphatic heterocycles. The van der Waals surface area contributed by atoms with Crippen LogP contribution in [0.1, 0.15) is 25.5 Å². The first-order valence-electron chi connectivity index (χ1n) is 5.70. The molecule has 0 radical (unpaired) electrons. The minimum atomic E-state index is -0.880. The molecule has 18 heavy (non-hydrogen) atoms. The number of hydrogen-bond acceptors (Lipinski definition) is 4. The van der Waals surface area contributed by atoms with Gasteiger partial charge in [-0.25, -0.2) is 0 Å². The molecular formula is C13H19NO4. The minimum Gasteiger partial charge on any atom is -0.497 e. The van der Waals surface area contributed by atoms with Crippen molar-refractivity contribution >= 4 is 5.97 Å². The van der Waals surface area contributed by atoms with E-state index in [9.17, 15) is 4.79 Å². The Morgan fingerprint density at radius 3 is 2.44 bits per heavy atom. The Bertz CT molecular complexity index is 419. The van der Waals surface area contributed by atoms with Gasteiger partial charge in [-0.05, 0) is 19.9 Å². The normalized spacial score (nSPS) is 13.8. The smallest absolute Gasteiger partial charge is 0.320 e. The molecule has 1 aromatic rings. The molecule has 1 rings (SSSR count). The number of nitrogens with one attached hydrogen (secondary N) is 1. The monoisotopic (exact) mass is 253 g/mol. The van der Waals surface area contributed by atoms with Crippen molar-refractivity contribution in [2.75, 3.05) is 14.2 Å². The average molecular weight is 253 g/mol. The number of methoxy groups -OCH3 is 2. The van der Waals surface area contributed by atoms with Crippen LogP contribution < -0.4 is 14.8 Å². The summed E-state index contributed by atoms with van der Waals surface area (Å²) in [6, 6.07) is 4.72. The average Bonchev–Trinajstić information content (AvgIpc) is 2.37. The summed E-state index contributed by atoms with van der Waals surface area (Å²) >= 11 is 0. The second-order valence-corrected chi connectivity index (χ2v) is 4.06. The van der Waals surface area contributed by atoms with E-state index in [0.29, 0.717) is 11.5 Å². The van der Waals surface area contributed by atoms with Crippen LogP contribution in [-0.4, -0.2) is 31.3 Å². The molecule has 5 nitrogen and oxygen atoms in total. The molecule has 0 saturated heterocycles. The molecule has 2 unspecified atom stereocenters. The van der Waals surface area contributed by atoms with Crippen molar-refractivity contribution in [3.63, 3.8) is 0 Å². The number of aliphatic carboxylic acids is 1. The van der Waals surface area contributed by atoms with Crippen LogP contribution in [0.4, 0.5) is 0 Å². The van der Waals surface area contributed by atoms with Crippen LogP contribution >= 0.6 is 0 Å². The van der Waals surface area contributed by atoms with E-state index in [4.69, 9.17) is 14.6 Å². The molecule has 0 bridgehead atoms. The van der Waals surface area contributed by atoms with Crippen LogP contribution in [0.5, 0.6) is 11.5 Å². The second-order valence-electron chi connectivity index (χ2n) is 4.06. The number of hydrogen-bond donors (Lipinski definition) is 2. The van der Waals surface area contributed by atoms with Gasteiger partial charge in [0.1, 0.15) is 17.5 Å². The van der Waals surface area contributed by atoms with Gasteiger partial charge in [-0.1, -0.05) is 6.07 Å². The topological polar surface area (TPSA) is 67.8 Å². The van der Waals surface area contributed by atoms with Crippen molar-refractivity contribution in [3.05, 3.63) is 23.8 Å². The van der Waals surface area contributed by atoms with Crippen LogP contribution in [0.15, 0.2) is 18.2 Å². The molecule has 0 saturated carbocycles. The molecule has 2 N–H and O–H groups in total. The fraction of sp³-hybridized carbons (Fsp3) is 0.462. The van der Waals surface area contributed by atoms with Gasteiger partial charge in [0, 0.05) is 17.7 Å². The molecule has 5 heteroatoms. The number of carboxylic acids is 1. The first-order chi connectivity index (χ1) is 8.49. The Balaban J connectivity index is 2.91. The van der Waals surface area contributed by atoms with E-state index in [1.54, 1.807) is 27.2 Å². The zero-order chi connectivity index (χ0) is 13.7. The van der Waals surface area contributed by atoms with E-state index in [0.717, 1.165) is 5.56 Å². The van der Waals surface area contributed by atoms with Gasteiger partial charge in [0.2, 0.25) is 0 Å². The van der Waals surface area contributed by atoms with E-state index in [2.05, 4.69) is 5.32 Å². The van der Waals surface area contributed by atoms with Crippen molar-refractivity contribution in [1.29, 1.82) is 0 Å². The largest absolute Gasteiger partial charge is 0.497 e. The predicted molar refractivity (Wildman–Crippen MR) is 68.2 cm³/mol. The third kappa shape index (κ3) is 3.37.